The molecule has 1 aliphatic rings. The van der Waals surface area contributed by atoms with Crippen LogP contribution in [0.1, 0.15) is 24.1 Å². The summed E-state index contributed by atoms with van der Waals surface area (Å²) >= 11 is 6.38. The van der Waals surface area contributed by atoms with E-state index in [1.54, 1.807) is 18.5 Å². The van der Waals surface area contributed by atoms with Gasteiger partial charge in [-0.1, -0.05) is 11.6 Å². The van der Waals surface area contributed by atoms with Gasteiger partial charge < -0.3 is 19.9 Å². The first-order valence-corrected chi connectivity index (χ1v) is 11.1. The largest absolute Gasteiger partial charge is 0.366 e. The Kier molecular flexibility index (Phi) is 5.67. The van der Waals surface area contributed by atoms with E-state index in [1.165, 1.54) is 0 Å². The number of aromatic nitrogens is 5. The zero-order chi connectivity index (χ0) is 22.8. The minimum absolute atomic E-state index is 0.240. The summed E-state index contributed by atoms with van der Waals surface area (Å²) in [6, 6.07) is 9.94. The summed E-state index contributed by atoms with van der Waals surface area (Å²) in [6.45, 7) is 3.72. The highest BCUT2D eigenvalue weighted by Crippen LogP contribution is 2.26. The van der Waals surface area contributed by atoms with Gasteiger partial charge in [-0.05, 0) is 38.0 Å². The molecule has 2 N–H and O–H groups in total. The molecular weight excluding hydrogens is 438 g/mol. The maximum Gasteiger partial charge on any atom is 0.229 e. The van der Waals surface area contributed by atoms with Crippen molar-refractivity contribution < 1.29 is 0 Å². The fourth-order valence-corrected chi connectivity index (χ4v) is 4.07. The molecule has 4 aromatic heterocycles. The van der Waals surface area contributed by atoms with Gasteiger partial charge in [0.2, 0.25) is 5.95 Å². The van der Waals surface area contributed by atoms with Crippen LogP contribution in [-0.4, -0.2) is 43.5 Å². The van der Waals surface area contributed by atoms with Gasteiger partial charge in [0.1, 0.15) is 22.6 Å². The summed E-state index contributed by atoms with van der Waals surface area (Å²) in [6.07, 6.45) is 8.85. The Hall–Kier alpha value is -3.90. The molecule has 1 fully saturated rings. The third-order valence-corrected chi connectivity index (χ3v) is 6.01. The number of halogens is 1. The maximum atomic E-state index is 8.94. The molecule has 0 spiro atoms. The number of imidazole rings is 1. The van der Waals surface area contributed by atoms with Gasteiger partial charge in [-0.3, -0.25) is 0 Å². The zero-order valence-corrected chi connectivity index (χ0v) is 18.8. The standard InChI is InChI=1S/C23H22ClN9/c1-15-12-26-21-10-18(6-9-33(15)21)30-23-28-14-19(24)22(31-23)29-17-4-7-32(8-5-17)20-3-2-16(11-25)13-27-20/h2-3,6,9-10,12-14,17H,4-5,7-8H2,1H3,(H2,28,29,30,31). The average Bonchev–Trinajstić information content (AvgIpc) is 3.22. The number of fused-ring (bicyclic) bond motifs is 1. The minimum Gasteiger partial charge on any atom is -0.366 e. The first-order valence-electron chi connectivity index (χ1n) is 10.7. The van der Waals surface area contributed by atoms with E-state index in [1.807, 2.05) is 41.9 Å². The second-order valence-corrected chi connectivity index (χ2v) is 8.39. The van der Waals surface area contributed by atoms with E-state index in [4.69, 9.17) is 16.9 Å². The lowest BCUT2D eigenvalue weighted by atomic mass is 10.0. The fourth-order valence-electron chi connectivity index (χ4n) is 3.93. The number of aryl methyl sites for hydroxylation is 1. The molecule has 5 heterocycles. The molecule has 0 aliphatic carbocycles. The molecule has 166 valence electrons. The average molecular weight is 460 g/mol. The van der Waals surface area contributed by atoms with Crippen molar-refractivity contribution >= 4 is 40.5 Å². The molecule has 33 heavy (non-hydrogen) atoms. The van der Waals surface area contributed by atoms with Gasteiger partial charge >= 0.3 is 0 Å². The number of hydrogen-bond acceptors (Lipinski definition) is 8. The van der Waals surface area contributed by atoms with Crippen molar-refractivity contribution in [2.45, 2.75) is 25.8 Å². The number of rotatable bonds is 5. The van der Waals surface area contributed by atoms with Gasteiger partial charge in [0, 0.05) is 55.2 Å². The summed E-state index contributed by atoms with van der Waals surface area (Å²) < 4.78 is 2.01. The second-order valence-electron chi connectivity index (χ2n) is 7.98. The molecule has 10 heteroatoms. The van der Waals surface area contributed by atoms with E-state index < -0.39 is 0 Å². The van der Waals surface area contributed by atoms with E-state index in [9.17, 15) is 0 Å². The molecular formula is C23H22ClN9. The molecule has 0 aromatic carbocycles. The Morgan fingerprint density at radius 2 is 1.94 bits per heavy atom. The Morgan fingerprint density at radius 1 is 1.09 bits per heavy atom. The zero-order valence-electron chi connectivity index (χ0n) is 18.0. The molecule has 9 nitrogen and oxygen atoms in total. The first-order chi connectivity index (χ1) is 16.1. The lowest BCUT2D eigenvalue weighted by Crippen LogP contribution is -2.39. The molecule has 4 aromatic rings. The highest BCUT2D eigenvalue weighted by Gasteiger charge is 2.21. The molecule has 0 amide bonds. The van der Waals surface area contributed by atoms with Crippen molar-refractivity contribution in [2.24, 2.45) is 0 Å². The number of anilines is 4. The van der Waals surface area contributed by atoms with Crippen LogP contribution < -0.4 is 15.5 Å². The molecule has 0 atom stereocenters. The molecule has 0 radical (unpaired) electrons. The molecule has 0 bridgehead atoms. The Bertz CT molecular complexity index is 1320. The summed E-state index contributed by atoms with van der Waals surface area (Å²) in [5.74, 6) is 1.97. The summed E-state index contributed by atoms with van der Waals surface area (Å²) in [7, 11) is 0. The number of nitriles is 1. The fraction of sp³-hybridized carbons (Fsp3) is 0.261. The van der Waals surface area contributed by atoms with Gasteiger partial charge in [-0.15, -0.1) is 0 Å². The van der Waals surface area contributed by atoms with Crippen LogP contribution in [0.5, 0.6) is 0 Å². The maximum absolute atomic E-state index is 8.94. The summed E-state index contributed by atoms with van der Waals surface area (Å²) in [5, 5.41) is 16.1. The van der Waals surface area contributed by atoms with Crippen molar-refractivity contribution in [3.05, 3.63) is 65.3 Å². The van der Waals surface area contributed by atoms with Gasteiger partial charge in [0.05, 0.1) is 11.8 Å². The number of hydrogen-bond donors (Lipinski definition) is 2. The highest BCUT2D eigenvalue weighted by atomic mass is 35.5. The predicted octanol–water partition coefficient (Wildman–Crippen LogP) is 4.18. The number of nitrogens with zero attached hydrogens (tertiary/aromatic N) is 7. The monoisotopic (exact) mass is 459 g/mol. The van der Waals surface area contributed by atoms with Crippen LogP contribution in [0.2, 0.25) is 5.02 Å². The van der Waals surface area contributed by atoms with E-state index in [0.717, 1.165) is 48.8 Å². The van der Waals surface area contributed by atoms with Gasteiger partial charge in [0.25, 0.3) is 0 Å². The summed E-state index contributed by atoms with van der Waals surface area (Å²) in [4.78, 5) is 19.9. The van der Waals surface area contributed by atoms with Crippen molar-refractivity contribution in [2.75, 3.05) is 28.6 Å². The third-order valence-electron chi connectivity index (χ3n) is 5.74. The van der Waals surface area contributed by atoms with Crippen molar-refractivity contribution in [1.29, 1.82) is 5.26 Å². The number of piperidine rings is 1. The van der Waals surface area contributed by atoms with Gasteiger partial charge in [-0.25, -0.2) is 15.0 Å². The molecule has 1 saturated heterocycles. The quantitative estimate of drug-likeness (QED) is 0.457. The van der Waals surface area contributed by atoms with E-state index in [2.05, 4.69) is 41.5 Å². The molecule has 1 aliphatic heterocycles. The van der Waals surface area contributed by atoms with Gasteiger partial charge in [-0.2, -0.15) is 10.2 Å². The molecule has 5 rings (SSSR count). The Labute approximate surface area is 196 Å². The topological polar surface area (TPSA) is 107 Å². The van der Waals surface area contributed by atoms with E-state index >= 15 is 0 Å². The Morgan fingerprint density at radius 3 is 2.70 bits per heavy atom. The summed E-state index contributed by atoms with van der Waals surface area (Å²) in [5.41, 5.74) is 3.35. The second kappa shape index (κ2) is 8.92. The molecule has 0 unspecified atom stereocenters. The van der Waals surface area contributed by atoms with Crippen LogP contribution in [0.25, 0.3) is 5.65 Å². The van der Waals surface area contributed by atoms with Crippen LogP contribution in [0.15, 0.2) is 49.1 Å². The Balaban J connectivity index is 1.23. The minimum atomic E-state index is 0.240. The third kappa shape index (κ3) is 4.52. The van der Waals surface area contributed by atoms with Crippen LogP contribution >= 0.6 is 11.6 Å². The smallest absolute Gasteiger partial charge is 0.229 e. The number of pyridine rings is 2. The van der Waals surface area contributed by atoms with Crippen LogP contribution in [-0.2, 0) is 0 Å². The van der Waals surface area contributed by atoms with Crippen molar-refractivity contribution in [3.63, 3.8) is 0 Å². The number of nitrogens with one attached hydrogen (secondary N) is 2. The SMILES string of the molecule is Cc1cnc2cc(Nc3ncc(Cl)c(NC4CCN(c5ccc(C#N)cn5)CC4)n3)ccn12. The van der Waals surface area contributed by atoms with Crippen molar-refractivity contribution in [1.82, 2.24) is 24.3 Å². The first kappa shape index (κ1) is 21.0. The predicted molar refractivity (Wildman–Crippen MR) is 128 cm³/mol. The van der Waals surface area contributed by atoms with E-state index in [-0.39, 0.29) is 6.04 Å². The van der Waals surface area contributed by atoms with Crippen LogP contribution in [0.4, 0.5) is 23.3 Å². The lowest BCUT2D eigenvalue weighted by molar-refractivity contribution is 0.522. The molecule has 0 saturated carbocycles. The van der Waals surface area contributed by atoms with Crippen LogP contribution in [0, 0.1) is 18.3 Å². The van der Waals surface area contributed by atoms with Gasteiger partial charge in [0.15, 0.2) is 5.82 Å². The van der Waals surface area contributed by atoms with E-state index in [0.29, 0.717) is 22.4 Å². The van der Waals surface area contributed by atoms with Crippen molar-refractivity contribution in [3.8, 4) is 6.07 Å². The normalized spacial score (nSPS) is 14.3. The van der Waals surface area contributed by atoms with Crippen LogP contribution in [0.3, 0.4) is 0 Å². The highest BCUT2D eigenvalue weighted by molar-refractivity contribution is 6.32. The lowest BCUT2D eigenvalue weighted by Gasteiger charge is -2.33.